The third-order valence-electron chi connectivity index (χ3n) is 2.05. The first-order valence-electron chi connectivity index (χ1n) is 4.98. The molecule has 1 rings (SSSR count). The molecular formula is C11H17N3O. The molecule has 2 N–H and O–H groups in total. The van der Waals surface area contributed by atoms with Gasteiger partial charge in [-0.15, -0.1) is 0 Å². The smallest absolute Gasteiger partial charge is 0.257 e. The normalized spacial score (nSPS) is 10.4. The van der Waals surface area contributed by atoms with Gasteiger partial charge in [-0.2, -0.15) is 0 Å². The molecule has 1 heterocycles. The summed E-state index contributed by atoms with van der Waals surface area (Å²) < 4.78 is 0. The average Bonchev–Trinajstić information content (AvgIpc) is 2.16. The van der Waals surface area contributed by atoms with E-state index in [0.29, 0.717) is 18.0 Å². The summed E-state index contributed by atoms with van der Waals surface area (Å²) in [4.78, 5) is 17.5. The lowest BCUT2D eigenvalue weighted by atomic mass is 10.2. The Morgan fingerprint density at radius 1 is 1.60 bits per heavy atom. The molecule has 0 aromatic carbocycles. The van der Waals surface area contributed by atoms with E-state index in [1.807, 2.05) is 0 Å². The molecule has 0 saturated carbocycles. The number of nitrogens with two attached hydrogens (primary N) is 1. The third-order valence-corrected chi connectivity index (χ3v) is 2.05. The number of nitrogen functional groups attached to an aromatic ring is 1. The summed E-state index contributed by atoms with van der Waals surface area (Å²) in [6, 6.07) is 3.41. The van der Waals surface area contributed by atoms with Crippen LogP contribution in [0.4, 0.5) is 5.82 Å². The number of hydrogen-bond acceptors (Lipinski definition) is 3. The van der Waals surface area contributed by atoms with Crippen LogP contribution < -0.4 is 5.73 Å². The molecule has 0 saturated heterocycles. The highest BCUT2D eigenvalue weighted by Crippen LogP contribution is 2.10. The van der Waals surface area contributed by atoms with Gasteiger partial charge >= 0.3 is 0 Å². The van der Waals surface area contributed by atoms with E-state index in [1.165, 1.54) is 0 Å². The third kappa shape index (κ3) is 2.94. The number of amides is 1. The number of hydrogen-bond donors (Lipinski definition) is 1. The van der Waals surface area contributed by atoms with Crippen molar-refractivity contribution in [2.24, 2.45) is 5.92 Å². The summed E-state index contributed by atoms with van der Waals surface area (Å²) in [7, 11) is 1.77. The van der Waals surface area contributed by atoms with Crippen LogP contribution in [0.2, 0.25) is 0 Å². The van der Waals surface area contributed by atoms with Crippen LogP contribution >= 0.6 is 0 Å². The predicted octanol–water partition coefficient (Wildman–Crippen LogP) is 1.39. The van der Waals surface area contributed by atoms with E-state index >= 15 is 0 Å². The second-order valence-electron chi connectivity index (χ2n) is 4.02. The summed E-state index contributed by atoms with van der Waals surface area (Å²) in [6.07, 6.45) is 1.58. The van der Waals surface area contributed by atoms with Crippen LogP contribution in [0.3, 0.4) is 0 Å². The molecule has 0 bridgehead atoms. The van der Waals surface area contributed by atoms with E-state index in [1.54, 1.807) is 30.3 Å². The van der Waals surface area contributed by atoms with Gasteiger partial charge in [-0.1, -0.05) is 13.8 Å². The maximum absolute atomic E-state index is 11.9. The fourth-order valence-corrected chi connectivity index (χ4v) is 1.43. The van der Waals surface area contributed by atoms with E-state index in [-0.39, 0.29) is 11.7 Å². The summed E-state index contributed by atoms with van der Waals surface area (Å²) >= 11 is 0. The second-order valence-corrected chi connectivity index (χ2v) is 4.02. The fraction of sp³-hybridized carbons (Fsp3) is 0.455. The minimum atomic E-state index is -0.0747. The molecule has 82 valence electrons. The zero-order valence-electron chi connectivity index (χ0n) is 9.40. The van der Waals surface area contributed by atoms with Crippen molar-refractivity contribution in [2.75, 3.05) is 19.3 Å². The standard InChI is InChI=1S/C11H17N3O/c1-8(2)7-14(3)11(15)9-5-4-6-13-10(9)12/h4-6,8H,7H2,1-3H3,(H2,12,13). The monoisotopic (exact) mass is 207 g/mol. The zero-order chi connectivity index (χ0) is 11.4. The Hall–Kier alpha value is -1.58. The van der Waals surface area contributed by atoms with E-state index in [2.05, 4.69) is 18.8 Å². The van der Waals surface area contributed by atoms with Gasteiger partial charge in [0.25, 0.3) is 5.91 Å². The van der Waals surface area contributed by atoms with E-state index in [4.69, 9.17) is 5.73 Å². The molecule has 0 aliphatic carbocycles. The molecule has 15 heavy (non-hydrogen) atoms. The van der Waals surface area contributed by atoms with Crippen LogP contribution in [0.15, 0.2) is 18.3 Å². The number of carbonyl (C=O) groups excluding carboxylic acids is 1. The molecule has 1 amide bonds. The topological polar surface area (TPSA) is 59.2 Å². The lowest BCUT2D eigenvalue weighted by molar-refractivity contribution is 0.0780. The van der Waals surface area contributed by atoms with Gasteiger partial charge in [0.2, 0.25) is 0 Å². The molecule has 1 aromatic heterocycles. The fourth-order valence-electron chi connectivity index (χ4n) is 1.43. The maximum atomic E-state index is 11.9. The van der Waals surface area contributed by atoms with Gasteiger partial charge in [-0.3, -0.25) is 4.79 Å². The van der Waals surface area contributed by atoms with E-state index < -0.39 is 0 Å². The van der Waals surface area contributed by atoms with Crippen molar-refractivity contribution in [3.63, 3.8) is 0 Å². The van der Waals surface area contributed by atoms with Crippen LogP contribution in [0.5, 0.6) is 0 Å². The average molecular weight is 207 g/mol. The van der Waals surface area contributed by atoms with Crippen LogP contribution in [0, 0.1) is 5.92 Å². The first-order valence-corrected chi connectivity index (χ1v) is 4.98. The molecular weight excluding hydrogens is 190 g/mol. The summed E-state index contributed by atoms with van der Waals surface area (Å²) in [5, 5.41) is 0. The molecule has 1 aromatic rings. The Kier molecular flexibility index (Phi) is 3.66. The van der Waals surface area contributed by atoms with Gasteiger partial charge in [0.1, 0.15) is 5.82 Å². The first kappa shape index (κ1) is 11.5. The molecule has 0 radical (unpaired) electrons. The van der Waals surface area contributed by atoms with Gasteiger partial charge in [0.05, 0.1) is 5.56 Å². The Bertz CT molecular complexity index is 349. The van der Waals surface area contributed by atoms with Crippen LogP contribution in [0.1, 0.15) is 24.2 Å². The summed E-state index contributed by atoms with van der Waals surface area (Å²) in [5.74, 6) is 0.657. The number of nitrogens with zero attached hydrogens (tertiary/aromatic N) is 2. The minimum Gasteiger partial charge on any atom is -0.383 e. The van der Waals surface area contributed by atoms with Crippen LogP contribution in [0.25, 0.3) is 0 Å². The van der Waals surface area contributed by atoms with Crippen molar-refractivity contribution >= 4 is 11.7 Å². The molecule has 0 atom stereocenters. The highest BCUT2D eigenvalue weighted by Gasteiger charge is 2.15. The SMILES string of the molecule is CC(C)CN(C)C(=O)c1cccnc1N. The van der Waals surface area contributed by atoms with Crippen molar-refractivity contribution in [3.05, 3.63) is 23.9 Å². The Morgan fingerprint density at radius 2 is 2.27 bits per heavy atom. The van der Waals surface area contributed by atoms with Gasteiger partial charge < -0.3 is 10.6 Å². The van der Waals surface area contributed by atoms with Gasteiger partial charge in [-0.05, 0) is 18.1 Å². The van der Waals surface area contributed by atoms with Crippen molar-refractivity contribution in [2.45, 2.75) is 13.8 Å². The van der Waals surface area contributed by atoms with Crippen molar-refractivity contribution in [1.82, 2.24) is 9.88 Å². The van der Waals surface area contributed by atoms with Crippen LogP contribution in [-0.4, -0.2) is 29.4 Å². The molecule has 0 spiro atoms. The summed E-state index contributed by atoms with van der Waals surface area (Å²) in [5.41, 5.74) is 6.10. The quantitative estimate of drug-likeness (QED) is 0.814. The van der Waals surface area contributed by atoms with Gasteiger partial charge in [-0.25, -0.2) is 4.98 Å². The first-order chi connectivity index (χ1) is 7.02. The molecule has 4 heteroatoms. The number of aromatic nitrogens is 1. The number of carbonyl (C=O) groups is 1. The Morgan fingerprint density at radius 3 is 2.80 bits per heavy atom. The minimum absolute atomic E-state index is 0.0747. The van der Waals surface area contributed by atoms with Gasteiger partial charge in [0.15, 0.2) is 0 Å². The molecule has 0 unspecified atom stereocenters. The highest BCUT2D eigenvalue weighted by molar-refractivity contribution is 5.98. The van der Waals surface area contributed by atoms with E-state index in [9.17, 15) is 4.79 Å². The Labute approximate surface area is 90.1 Å². The van der Waals surface area contributed by atoms with E-state index in [0.717, 1.165) is 0 Å². The number of anilines is 1. The highest BCUT2D eigenvalue weighted by atomic mass is 16.2. The summed E-state index contributed by atoms with van der Waals surface area (Å²) in [6.45, 7) is 4.85. The maximum Gasteiger partial charge on any atom is 0.257 e. The number of pyridine rings is 1. The zero-order valence-corrected chi connectivity index (χ0v) is 9.40. The molecule has 0 aliphatic heterocycles. The van der Waals surface area contributed by atoms with Crippen molar-refractivity contribution in [3.8, 4) is 0 Å². The molecule has 0 aliphatic rings. The second kappa shape index (κ2) is 4.77. The predicted molar refractivity (Wildman–Crippen MR) is 60.4 cm³/mol. The van der Waals surface area contributed by atoms with Crippen molar-refractivity contribution < 1.29 is 4.79 Å². The van der Waals surface area contributed by atoms with Crippen molar-refractivity contribution in [1.29, 1.82) is 0 Å². The molecule has 0 fully saturated rings. The Balaban J connectivity index is 2.81. The number of rotatable bonds is 3. The van der Waals surface area contributed by atoms with Gasteiger partial charge in [0, 0.05) is 19.8 Å². The molecule has 4 nitrogen and oxygen atoms in total. The largest absolute Gasteiger partial charge is 0.383 e. The lowest BCUT2D eigenvalue weighted by Crippen LogP contribution is -2.30. The lowest BCUT2D eigenvalue weighted by Gasteiger charge is -2.19. The van der Waals surface area contributed by atoms with Crippen LogP contribution in [-0.2, 0) is 0 Å².